The van der Waals surface area contributed by atoms with E-state index in [0.717, 1.165) is 19.3 Å². The lowest BCUT2D eigenvalue weighted by Crippen LogP contribution is -2.20. The fourth-order valence-electron chi connectivity index (χ4n) is 2.93. The number of anilines is 1. The van der Waals surface area contributed by atoms with Crippen molar-refractivity contribution in [1.82, 2.24) is 0 Å². The number of ether oxygens (including phenoxy) is 1. The van der Waals surface area contributed by atoms with E-state index in [1.807, 2.05) is 6.07 Å². The number of fused-ring (bicyclic) bond motifs is 1. The van der Waals surface area contributed by atoms with Crippen molar-refractivity contribution < 1.29 is 22.7 Å². The summed E-state index contributed by atoms with van der Waals surface area (Å²) < 4.78 is 27.5. The summed E-state index contributed by atoms with van der Waals surface area (Å²) in [7, 11) is -3.79. The lowest BCUT2D eigenvalue weighted by atomic mass is 9.90. The molecule has 0 aliphatic heterocycles. The number of sulfonamides is 1. The maximum absolute atomic E-state index is 12.2. The monoisotopic (exact) mass is 408 g/mol. The third-order valence-corrected chi connectivity index (χ3v) is 6.48. The standard InChI is InChI=1S/C18H20N2O5S2/c1-11-2-7-15-12(8-11)9-16(26-15)18(22)25-10-17(21)20-13-3-5-14(6-4-13)27(19,23)24/h3-6,9,11H,2,7-8,10H2,1H3,(H,20,21)(H2,19,23,24)/t11-/m0/s1. The van der Waals surface area contributed by atoms with Crippen molar-refractivity contribution in [2.24, 2.45) is 11.1 Å². The van der Waals surface area contributed by atoms with Gasteiger partial charge in [0.05, 0.1) is 4.90 Å². The SMILES string of the molecule is C[C@H]1CCc2sc(C(=O)OCC(=O)Nc3ccc(S(N)(=O)=O)cc3)cc2C1. The summed E-state index contributed by atoms with van der Waals surface area (Å²) in [5, 5.41) is 7.55. The first-order valence-corrected chi connectivity index (χ1v) is 10.8. The number of benzene rings is 1. The minimum Gasteiger partial charge on any atom is -0.451 e. The summed E-state index contributed by atoms with van der Waals surface area (Å²) in [6.07, 6.45) is 3.06. The van der Waals surface area contributed by atoms with E-state index in [0.29, 0.717) is 16.5 Å². The van der Waals surface area contributed by atoms with Crippen LogP contribution < -0.4 is 10.5 Å². The number of nitrogens with two attached hydrogens (primary N) is 1. The number of carbonyl (C=O) groups is 2. The second kappa shape index (κ2) is 7.79. The molecule has 1 aliphatic carbocycles. The van der Waals surface area contributed by atoms with Crippen molar-refractivity contribution in [2.45, 2.75) is 31.1 Å². The van der Waals surface area contributed by atoms with Gasteiger partial charge in [-0.15, -0.1) is 11.3 Å². The third-order valence-electron chi connectivity index (χ3n) is 4.33. The van der Waals surface area contributed by atoms with E-state index in [1.54, 1.807) is 0 Å². The second-order valence-electron chi connectivity index (χ2n) is 6.60. The van der Waals surface area contributed by atoms with Crippen molar-refractivity contribution in [2.75, 3.05) is 11.9 Å². The van der Waals surface area contributed by atoms with E-state index >= 15 is 0 Å². The molecule has 9 heteroatoms. The minimum atomic E-state index is -3.79. The first-order chi connectivity index (χ1) is 12.7. The molecule has 1 atom stereocenters. The molecule has 0 saturated carbocycles. The zero-order chi connectivity index (χ0) is 19.6. The van der Waals surface area contributed by atoms with E-state index in [2.05, 4.69) is 12.2 Å². The molecule has 7 nitrogen and oxygen atoms in total. The van der Waals surface area contributed by atoms with Gasteiger partial charge in [0, 0.05) is 10.6 Å². The number of amides is 1. The average Bonchev–Trinajstić information content (AvgIpc) is 3.02. The lowest BCUT2D eigenvalue weighted by molar-refractivity contribution is -0.119. The van der Waals surface area contributed by atoms with Crippen molar-refractivity contribution in [3.63, 3.8) is 0 Å². The number of hydrogen-bond donors (Lipinski definition) is 2. The Hall–Kier alpha value is -2.23. The fraction of sp³-hybridized carbons (Fsp3) is 0.333. The molecule has 1 heterocycles. The Morgan fingerprint density at radius 3 is 2.67 bits per heavy atom. The smallest absolute Gasteiger partial charge is 0.348 e. The highest BCUT2D eigenvalue weighted by molar-refractivity contribution is 7.89. The molecular weight excluding hydrogens is 388 g/mol. The molecule has 1 aliphatic rings. The molecule has 3 N–H and O–H groups in total. The summed E-state index contributed by atoms with van der Waals surface area (Å²) in [6.45, 7) is 1.77. The van der Waals surface area contributed by atoms with Crippen LogP contribution in [0, 0.1) is 5.92 Å². The van der Waals surface area contributed by atoms with Crippen molar-refractivity contribution in [1.29, 1.82) is 0 Å². The van der Waals surface area contributed by atoms with E-state index in [9.17, 15) is 18.0 Å². The normalized spacial score (nSPS) is 16.4. The first-order valence-electron chi connectivity index (χ1n) is 8.44. The van der Waals surface area contributed by atoms with Gasteiger partial charge in [-0.3, -0.25) is 4.79 Å². The van der Waals surface area contributed by atoms with Gasteiger partial charge in [0.2, 0.25) is 10.0 Å². The molecule has 0 bridgehead atoms. The van der Waals surface area contributed by atoms with Gasteiger partial charge >= 0.3 is 5.97 Å². The van der Waals surface area contributed by atoms with Crippen LogP contribution in [-0.4, -0.2) is 26.9 Å². The summed E-state index contributed by atoms with van der Waals surface area (Å²) in [6, 6.07) is 7.26. The molecule has 0 fully saturated rings. The Balaban J connectivity index is 1.54. The Morgan fingerprint density at radius 2 is 2.00 bits per heavy atom. The van der Waals surface area contributed by atoms with Crippen molar-refractivity contribution >= 4 is 38.9 Å². The first kappa shape index (κ1) is 19.5. The molecule has 0 unspecified atom stereocenters. The molecular formula is C18H20N2O5S2. The van der Waals surface area contributed by atoms with Crippen LogP contribution in [0.4, 0.5) is 5.69 Å². The number of nitrogens with one attached hydrogen (secondary N) is 1. The number of rotatable bonds is 5. The van der Waals surface area contributed by atoms with Crippen molar-refractivity contribution in [3.8, 4) is 0 Å². The third kappa shape index (κ3) is 4.94. The van der Waals surface area contributed by atoms with Crippen LogP contribution >= 0.6 is 11.3 Å². The Kier molecular flexibility index (Phi) is 5.64. The van der Waals surface area contributed by atoms with Crippen LogP contribution in [0.3, 0.4) is 0 Å². The Bertz CT molecular complexity index is 964. The van der Waals surface area contributed by atoms with Crippen molar-refractivity contribution in [3.05, 3.63) is 45.6 Å². The van der Waals surface area contributed by atoms with Gasteiger partial charge in [-0.05, 0) is 61.1 Å². The Morgan fingerprint density at radius 1 is 1.30 bits per heavy atom. The molecule has 0 saturated heterocycles. The van der Waals surface area contributed by atoms with E-state index < -0.39 is 28.5 Å². The topological polar surface area (TPSA) is 116 Å². The van der Waals surface area contributed by atoms with Crippen LogP contribution in [0.2, 0.25) is 0 Å². The number of esters is 1. The van der Waals surface area contributed by atoms with Gasteiger partial charge in [0.15, 0.2) is 6.61 Å². The predicted octanol–water partition coefficient (Wildman–Crippen LogP) is 2.32. The number of primary sulfonamides is 1. The highest BCUT2D eigenvalue weighted by atomic mass is 32.2. The number of thiophene rings is 1. The van der Waals surface area contributed by atoms with Gasteiger partial charge in [-0.1, -0.05) is 6.92 Å². The maximum Gasteiger partial charge on any atom is 0.348 e. The van der Waals surface area contributed by atoms with Crippen LogP contribution in [0.1, 0.15) is 33.5 Å². The van der Waals surface area contributed by atoms with Gasteiger partial charge < -0.3 is 10.1 Å². The lowest BCUT2D eigenvalue weighted by Gasteiger charge is -2.16. The molecule has 1 amide bonds. The maximum atomic E-state index is 12.2. The molecule has 1 aromatic heterocycles. The van der Waals surface area contributed by atoms with E-state index in [-0.39, 0.29) is 4.90 Å². The zero-order valence-electron chi connectivity index (χ0n) is 14.7. The summed E-state index contributed by atoms with van der Waals surface area (Å²) in [5.41, 5.74) is 1.58. The molecule has 0 radical (unpaired) electrons. The van der Waals surface area contributed by atoms with Gasteiger partial charge in [0.1, 0.15) is 4.88 Å². The van der Waals surface area contributed by atoms with Crippen LogP contribution in [0.5, 0.6) is 0 Å². The van der Waals surface area contributed by atoms with E-state index in [1.165, 1.54) is 46.0 Å². The average molecular weight is 409 g/mol. The zero-order valence-corrected chi connectivity index (χ0v) is 16.4. The highest BCUT2D eigenvalue weighted by Gasteiger charge is 2.21. The fourth-order valence-corrected chi connectivity index (χ4v) is 4.55. The highest BCUT2D eigenvalue weighted by Crippen LogP contribution is 2.32. The quantitative estimate of drug-likeness (QED) is 0.737. The van der Waals surface area contributed by atoms with Gasteiger partial charge in [-0.2, -0.15) is 0 Å². The molecule has 3 rings (SSSR count). The molecule has 2 aromatic rings. The number of hydrogen-bond acceptors (Lipinski definition) is 6. The number of carbonyl (C=O) groups excluding carboxylic acids is 2. The predicted molar refractivity (Wildman–Crippen MR) is 102 cm³/mol. The van der Waals surface area contributed by atoms with Crippen LogP contribution in [0.25, 0.3) is 0 Å². The molecule has 0 spiro atoms. The summed E-state index contributed by atoms with van der Waals surface area (Å²) in [4.78, 5) is 25.8. The largest absolute Gasteiger partial charge is 0.451 e. The number of aryl methyl sites for hydroxylation is 1. The van der Waals surface area contributed by atoms with E-state index in [4.69, 9.17) is 9.88 Å². The van der Waals surface area contributed by atoms with Crippen LogP contribution in [0.15, 0.2) is 35.2 Å². The van der Waals surface area contributed by atoms with Crippen LogP contribution in [-0.2, 0) is 32.4 Å². The minimum absolute atomic E-state index is 0.0529. The second-order valence-corrected chi connectivity index (χ2v) is 9.30. The van der Waals surface area contributed by atoms with Gasteiger partial charge in [-0.25, -0.2) is 18.4 Å². The van der Waals surface area contributed by atoms with Gasteiger partial charge in [0.25, 0.3) is 5.91 Å². The molecule has 27 heavy (non-hydrogen) atoms. The molecule has 144 valence electrons. The molecule has 1 aromatic carbocycles. The summed E-state index contributed by atoms with van der Waals surface area (Å²) in [5.74, 6) is -0.411. The Labute approximate surface area is 161 Å². The summed E-state index contributed by atoms with van der Waals surface area (Å²) >= 11 is 1.43.